The Kier molecular flexibility index (Phi) is 7.12. The molecule has 0 aliphatic rings. The summed E-state index contributed by atoms with van der Waals surface area (Å²) < 4.78 is 0. The number of hydrogen-bond acceptors (Lipinski definition) is 7. The molecule has 160 valence electrons. The normalized spacial score (nSPS) is 10.8. The van der Waals surface area contributed by atoms with Crippen molar-refractivity contribution in [1.29, 1.82) is 0 Å². The van der Waals surface area contributed by atoms with Gasteiger partial charge in [0.1, 0.15) is 0 Å². The minimum absolute atomic E-state index is 0.273. The average molecular weight is 464 g/mol. The summed E-state index contributed by atoms with van der Waals surface area (Å²) >= 11 is 12.1. The van der Waals surface area contributed by atoms with E-state index in [1.807, 2.05) is 60.7 Å². The van der Waals surface area contributed by atoms with Gasteiger partial charge in [-0.15, -0.1) is 0 Å². The predicted octanol–water partition coefficient (Wildman–Crippen LogP) is 5.98. The number of halogens is 2. The summed E-state index contributed by atoms with van der Waals surface area (Å²) in [4.78, 5) is 13.3. The summed E-state index contributed by atoms with van der Waals surface area (Å²) in [5.41, 5.74) is 5.51. The minimum Gasteiger partial charge on any atom is -0.350 e. The highest BCUT2D eigenvalue weighted by Crippen LogP contribution is 2.20. The second-order valence-corrected chi connectivity index (χ2v) is 7.52. The van der Waals surface area contributed by atoms with Gasteiger partial charge in [0, 0.05) is 22.8 Å². The fourth-order valence-corrected chi connectivity index (χ4v) is 3.21. The fraction of sp³-hybridized carbons (Fsp3) is 0.0435. The monoisotopic (exact) mass is 463 g/mol. The molecule has 0 radical (unpaired) electrons. The van der Waals surface area contributed by atoms with Crippen molar-refractivity contribution in [2.24, 2.45) is 5.10 Å². The molecule has 0 atom stereocenters. The van der Waals surface area contributed by atoms with Crippen LogP contribution in [-0.4, -0.2) is 21.2 Å². The molecule has 0 aliphatic heterocycles. The maximum Gasteiger partial charge on any atom is 0.250 e. The van der Waals surface area contributed by atoms with Gasteiger partial charge in [0.15, 0.2) is 0 Å². The molecule has 4 aromatic rings. The first-order valence-electron chi connectivity index (χ1n) is 9.76. The first-order valence-corrected chi connectivity index (χ1v) is 10.5. The first-order chi connectivity index (χ1) is 15.7. The van der Waals surface area contributed by atoms with E-state index >= 15 is 0 Å². The second kappa shape index (κ2) is 10.6. The zero-order chi connectivity index (χ0) is 22.2. The molecule has 32 heavy (non-hydrogen) atoms. The van der Waals surface area contributed by atoms with Gasteiger partial charge in [-0.25, -0.2) is 5.43 Å². The van der Waals surface area contributed by atoms with Crippen LogP contribution in [-0.2, 0) is 6.54 Å². The van der Waals surface area contributed by atoms with Crippen molar-refractivity contribution in [2.75, 3.05) is 16.1 Å². The number of para-hydroxylation sites is 1. The number of rotatable bonds is 8. The molecule has 0 spiro atoms. The van der Waals surface area contributed by atoms with Crippen LogP contribution in [0.15, 0.2) is 84.0 Å². The number of anilines is 4. The number of nitrogens with zero attached hydrogens (tertiary/aromatic N) is 4. The van der Waals surface area contributed by atoms with Crippen LogP contribution in [0.25, 0.3) is 0 Å². The minimum atomic E-state index is 0.273. The summed E-state index contributed by atoms with van der Waals surface area (Å²) in [7, 11) is 0. The van der Waals surface area contributed by atoms with E-state index in [0.717, 1.165) is 11.3 Å². The molecule has 3 aromatic carbocycles. The van der Waals surface area contributed by atoms with Crippen molar-refractivity contribution in [1.82, 2.24) is 15.0 Å². The van der Waals surface area contributed by atoms with Crippen LogP contribution in [0.2, 0.25) is 10.0 Å². The highest BCUT2D eigenvalue weighted by molar-refractivity contribution is 6.36. The van der Waals surface area contributed by atoms with Crippen LogP contribution in [0, 0.1) is 0 Å². The van der Waals surface area contributed by atoms with E-state index in [9.17, 15) is 0 Å². The van der Waals surface area contributed by atoms with E-state index in [1.165, 1.54) is 0 Å². The summed E-state index contributed by atoms with van der Waals surface area (Å²) in [6, 6.07) is 24.8. The molecular weight excluding hydrogens is 445 g/mol. The largest absolute Gasteiger partial charge is 0.350 e. The van der Waals surface area contributed by atoms with Gasteiger partial charge in [-0.05, 0) is 29.8 Å². The molecular formula is C23H19Cl2N7. The lowest BCUT2D eigenvalue weighted by Crippen LogP contribution is -2.09. The van der Waals surface area contributed by atoms with Gasteiger partial charge < -0.3 is 10.6 Å². The van der Waals surface area contributed by atoms with Crippen LogP contribution in [0.4, 0.5) is 23.5 Å². The standard InChI is InChI=1S/C23H19Cl2N7/c24-18-12-11-17(20(25)13-18)15-27-32-23-30-21(26-14-16-7-3-1-4-8-16)29-22(31-23)28-19-9-5-2-6-10-19/h1-13,15H,14H2,(H3,26,28,29,30,31,32). The molecule has 0 saturated carbocycles. The zero-order valence-corrected chi connectivity index (χ0v) is 18.3. The Hall–Kier alpha value is -3.68. The van der Waals surface area contributed by atoms with Crippen molar-refractivity contribution < 1.29 is 0 Å². The maximum atomic E-state index is 6.19. The van der Waals surface area contributed by atoms with Gasteiger partial charge in [-0.2, -0.15) is 20.1 Å². The molecule has 3 N–H and O–H groups in total. The first kappa shape index (κ1) is 21.5. The molecule has 7 nitrogen and oxygen atoms in total. The van der Waals surface area contributed by atoms with Crippen LogP contribution >= 0.6 is 23.2 Å². The third kappa shape index (κ3) is 6.16. The lowest BCUT2D eigenvalue weighted by molar-refractivity contribution is 0.999. The number of hydrogen-bond donors (Lipinski definition) is 3. The third-order valence-electron chi connectivity index (χ3n) is 4.29. The Morgan fingerprint density at radius 1 is 0.781 bits per heavy atom. The van der Waals surface area contributed by atoms with Gasteiger partial charge in [0.25, 0.3) is 0 Å². The molecule has 0 unspecified atom stereocenters. The van der Waals surface area contributed by atoms with Gasteiger partial charge in [0.05, 0.1) is 11.2 Å². The molecule has 4 rings (SSSR count). The quantitative estimate of drug-likeness (QED) is 0.220. The Morgan fingerprint density at radius 2 is 1.47 bits per heavy atom. The predicted molar refractivity (Wildman–Crippen MR) is 131 cm³/mol. The summed E-state index contributed by atoms with van der Waals surface area (Å²) in [6.45, 7) is 0.568. The molecule has 1 heterocycles. The Balaban J connectivity index is 1.53. The van der Waals surface area contributed by atoms with Crippen molar-refractivity contribution >= 4 is 52.9 Å². The summed E-state index contributed by atoms with van der Waals surface area (Å²) in [5.74, 6) is 1.06. The number of aromatic nitrogens is 3. The molecule has 9 heteroatoms. The Morgan fingerprint density at radius 3 is 2.22 bits per heavy atom. The summed E-state index contributed by atoms with van der Waals surface area (Å²) in [6.07, 6.45) is 1.57. The Bertz CT molecular complexity index is 1200. The smallest absolute Gasteiger partial charge is 0.250 e. The molecule has 0 fully saturated rings. The average Bonchev–Trinajstić information content (AvgIpc) is 2.80. The third-order valence-corrected chi connectivity index (χ3v) is 4.85. The molecule has 0 aliphatic carbocycles. The number of hydrazone groups is 1. The van der Waals surface area contributed by atoms with Crippen molar-refractivity contribution in [2.45, 2.75) is 6.54 Å². The van der Waals surface area contributed by atoms with Crippen LogP contribution in [0.1, 0.15) is 11.1 Å². The SMILES string of the molecule is Clc1ccc(C=NNc2nc(NCc3ccccc3)nc(Nc3ccccc3)n2)c(Cl)c1. The lowest BCUT2D eigenvalue weighted by Gasteiger charge is -2.10. The second-order valence-electron chi connectivity index (χ2n) is 6.67. The maximum absolute atomic E-state index is 6.19. The fourth-order valence-electron chi connectivity index (χ4n) is 2.75. The number of nitrogens with one attached hydrogen (secondary N) is 3. The van der Waals surface area contributed by atoms with Crippen molar-refractivity contribution in [3.63, 3.8) is 0 Å². The van der Waals surface area contributed by atoms with Crippen molar-refractivity contribution in [3.8, 4) is 0 Å². The van der Waals surface area contributed by atoms with E-state index in [4.69, 9.17) is 23.2 Å². The molecule has 1 aromatic heterocycles. The van der Waals surface area contributed by atoms with E-state index < -0.39 is 0 Å². The lowest BCUT2D eigenvalue weighted by atomic mass is 10.2. The highest BCUT2D eigenvalue weighted by atomic mass is 35.5. The topological polar surface area (TPSA) is 87.1 Å². The van der Waals surface area contributed by atoms with Crippen LogP contribution in [0.5, 0.6) is 0 Å². The number of benzene rings is 3. The zero-order valence-electron chi connectivity index (χ0n) is 16.8. The van der Waals surface area contributed by atoms with E-state index in [-0.39, 0.29) is 5.95 Å². The van der Waals surface area contributed by atoms with Gasteiger partial charge in [0.2, 0.25) is 17.8 Å². The summed E-state index contributed by atoms with van der Waals surface area (Å²) in [5, 5.41) is 11.7. The van der Waals surface area contributed by atoms with E-state index in [2.05, 4.69) is 36.1 Å². The van der Waals surface area contributed by atoms with Gasteiger partial charge in [-0.3, -0.25) is 0 Å². The van der Waals surface area contributed by atoms with Gasteiger partial charge in [-0.1, -0.05) is 77.8 Å². The molecule has 0 bridgehead atoms. The van der Waals surface area contributed by atoms with E-state index in [1.54, 1.807) is 24.4 Å². The van der Waals surface area contributed by atoms with E-state index in [0.29, 0.717) is 34.1 Å². The van der Waals surface area contributed by atoms with Crippen molar-refractivity contribution in [3.05, 3.63) is 100 Å². The Labute approximate surface area is 195 Å². The molecule has 0 saturated heterocycles. The highest BCUT2D eigenvalue weighted by Gasteiger charge is 2.07. The molecule has 0 amide bonds. The van der Waals surface area contributed by atoms with Crippen LogP contribution in [0.3, 0.4) is 0 Å². The van der Waals surface area contributed by atoms with Crippen LogP contribution < -0.4 is 16.1 Å². The van der Waals surface area contributed by atoms with Gasteiger partial charge >= 0.3 is 0 Å².